The molecule has 0 radical (unpaired) electrons. The summed E-state index contributed by atoms with van der Waals surface area (Å²) in [5, 5.41) is 14.6. The molecule has 6 nitrogen and oxygen atoms in total. The lowest BCUT2D eigenvalue weighted by molar-refractivity contribution is -0.142. The number of amides is 2. The quantitative estimate of drug-likeness (QED) is 0.474. The maximum atomic E-state index is 12.4. The molecule has 1 unspecified atom stereocenters. The van der Waals surface area contributed by atoms with Gasteiger partial charge in [0.1, 0.15) is 12.1 Å². The number of carboxylic acid groups (broad SMARTS) is 1. The van der Waals surface area contributed by atoms with Gasteiger partial charge in [0, 0.05) is 12.8 Å². The highest BCUT2D eigenvalue weighted by Crippen LogP contribution is 2.06. The van der Waals surface area contributed by atoms with Crippen molar-refractivity contribution in [1.82, 2.24) is 10.6 Å². The molecule has 7 heteroatoms. The fourth-order valence-corrected chi connectivity index (χ4v) is 2.60. The van der Waals surface area contributed by atoms with Crippen LogP contribution < -0.4 is 10.6 Å². The van der Waals surface area contributed by atoms with E-state index in [1.807, 2.05) is 32.0 Å². The molecule has 0 fully saturated rings. The lowest BCUT2D eigenvalue weighted by atomic mass is 10.0. The molecule has 138 valence electrons. The normalized spacial score (nSPS) is 13.1. The Balaban J connectivity index is 2.74. The molecule has 2 atom stereocenters. The van der Waals surface area contributed by atoms with E-state index in [1.54, 1.807) is 12.1 Å². The first-order valence-electron chi connectivity index (χ1n) is 8.30. The van der Waals surface area contributed by atoms with E-state index in [-0.39, 0.29) is 18.2 Å². The van der Waals surface area contributed by atoms with Gasteiger partial charge in [-0.3, -0.25) is 9.59 Å². The number of nitrogens with one attached hydrogen (secondary N) is 2. The number of benzene rings is 1. The van der Waals surface area contributed by atoms with Gasteiger partial charge in [-0.25, -0.2) is 4.79 Å². The molecule has 0 aromatic heterocycles. The van der Waals surface area contributed by atoms with Gasteiger partial charge in [0.05, 0.1) is 0 Å². The summed E-state index contributed by atoms with van der Waals surface area (Å²) in [7, 11) is 0. The van der Waals surface area contributed by atoms with Crippen LogP contribution in [0.25, 0.3) is 0 Å². The smallest absolute Gasteiger partial charge is 0.326 e. The standard InChI is InChI=1S/C18H26N2O4S/c1-12(2)10-16(21)19-14(8-9-25)17(22)20-15(18(23)24)11-13-6-4-3-5-7-13/h3-7,12,14-15,25H,8-11H2,1-2H3,(H,19,21)(H,20,22)(H,23,24)/t14?,15-/m1/s1. The largest absolute Gasteiger partial charge is 0.480 e. The molecular formula is C18H26N2O4S. The molecular weight excluding hydrogens is 340 g/mol. The maximum Gasteiger partial charge on any atom is 0.326 e. The molecule has 1 rings (SSSR count). The van der Waals surface area contributed by atoms with Crippen molar-refractivity contribution in [2.45, 2.75) is 45.2 Å². The number of carbonyl (C=O) groups excluding carboxylic acids is 2. The van der Waals surface area contributed by atoms with E-state index in [0.29, 0.717) is 18.6 Å². The van der Waals surface area contributed by atoms with Crippen molar-refractivity contribution in [3.8, 4) is 0 Å². The van der Waals surface area contributed by atoms with Crippen LogP contribution in [0.5, 0.6) is 0 Å². The Morgan fingerprint density at radius 3 is 2.24 bits per heavy atom. The SMILES string of the molecule is CC(C)CC(=O)NC(CCS)C(=O)N[C@H](Cc1ccccc1)C(=O)O. The average Bonchev–Trinajstić information content (AvgIpc) is 2.53. The fraction of sp³-hybridized carbons (Fsp3) is 0.500. The van der Waals surface area contributed by atoms with Gasteiger partial charge in [0.2, 0.25) is 11.8 Å². The van der Waals surface area contributed by atoms with Gasteiger partial charge in [0.15, 0.2) is 0 Å². The van der Waals surface area contributed by atoms with Gasteiger partial charge in [-0.15, -0.1) is 0 Å². The molecule has 0 aliphatic carbocycles. The predicted octanol–water partition coefficient (Wildman–Crippen LogP) is 1.65. The van der Waals surface area contributed by atoms with Crippen molar-refractivity contribution in [3.05, 3.63) is 35.9 Å². The highest BCUT2D eigenvalue weighted by Gasteiger charge is 2.26. The number of carbonyl (C=O) groups is 3. The first-order valence-corrected chi connectivity index (χ1v) is 8.94. The van der Waals surface area contributed by atoms with Crippen LogP contribution in [-0.2, 0) is 20.8 Å². The highest BCUT2D eigenvalue weighted by atomic mass is 32.1. The summed E-state index contributed by atoms with van der Waals surface area (Å²) in [5.74, 6) is -1.28. The Hall–Kier alpha value is -2.02. The van der Waals surface area contributed by atoms with Crippen LogP contribution in [0.4, 0.5) is 0 Å². The van der Waals surface area contributed by atoms with E-state index in [2.05, 4.69) is 23.3 Å². The van der Waals surface area contributed by atoms with Crippen LogP contribution in [0.2, 0.25) is 0 Å². The van der Waals surface area contributed by atoms with Gasteiger partial charge in [0.25, 0.3) is 0 Å². The summed E-state index contributed by atoms with van der Waals surface area (Å²) in [6.07, 6.45) is 0.814. The van der Waals surface area contributed by atoms with Gasteiger partial charge >= 0.3 is 5.97 Å². The molecule has 1 aromatic rings. The Labute approximate surface area is 153 Å². The van der Waals surface area contributed by atoms with Crippen molar-refractivity contribution in [1.29, 1.82) is 0 Å². The third kappa shape index (κ3) is 8.07. The number of hydrogen-bond donors (Lipinski definition) is 4. The summed E-state index contributed by atoms with van der Waals surface area (Å²) in [4.78, 5) is 35.8. The molecule has 0 spiro atoms. The minimum Gasteiger partial charge on any atom is -0.480 e. The monoisotopic (exact) mass is 366 g/mol. The van der Waals surface area contributed by atoms with Crippen LogP contribution in [0.3, 0.4) is 0 Å². The Morgan fingerprint density at radius 2 is 1.72 bits per heavy atom. The van der Waals surface area contributed by atoms with E-state index in [0.717, 1.165) is 5.56 Å². The second-order valence-corrected chi connectivity index (χ2v) is 6.77. The van der Waals surface area contributed by atoms with Crippen molar-refractivity contribution < 1.29 is 19.5 Å². The minimum absolute atomic E-state index is 0.171. The van der Waals surface area contributed by atoms with Gasteiger partial charge in [-0.05, 0) is 23.7 Å². The maximum absolute atomic E-state index is 12.4. The first kappa shape index (κ1) is 21.0. The molecule has 2 amide bonds. The van der Waals surface area contributed by atoms with Crippen LogP contribution >= 0.6 is 12.6 Å². The molecule has 0 aliphatic rings. The predicted molar refractivity (Wildman–Crippen MR) is 99.6 cm³/mol. The highest BCUT2D eigenvalue weighted by molar-refractivity contribution is 7.80. The summed E-state index contributed by atoms with van der Waals surface area (Å²) >= 11 is 4.11. The lowest BCUT2D eigenvalue weighted by Crippen LogP contribution is -2.52. The lowest BCUT2D eigenvalue weighted by Gasteiger charge is -2.21. The molecule has 0 heterocycles. The third-order valence-corrected chi connectivity index (χ3v) is 3.82. The van der Waals surface area contributed by atoms with Crippen LogP contribution in [0, 0.1) is 5.92 Å². The zero-order valence-corrected chi connectivity index (χ0v) is 15.5. The Bertz CT molecular complexity index is 578. The zero-order chi connectivity index (χ0) is 18.8. The van der Waals surface area contributed by atoms with Crippen LogP contribution in [-0.4, -0.2) is 40.7 Å². The third-order valence-electron chi connectivity index (χ3n) is 3.56. The van der Waals surface area contributed by atoms with Crippen LogP contribution in [0.1, 0.15) is 32.3 Å². The number of aliphatic carboxylic acids is 1. The number of rotatable bonds is 10. The molecule has 1 aromatic carbocycles. The van der Waals surface area contributed by atoms with Crippen molar-refractivity contribution in [2.75, 3.05) is 5.75 Å². The van der Waals surface area contributed by atoms with E-state index < -0.39 is 24.0 Å². The summed E-state index contributed by atoms with van der Waals surface area (Å²) in [6.45, 7) is 3.82. The number of thiol groups is 1. The van der Waals surface area contributed by atoms with Crippen molar-refractivity contribution in [2.24, 2.45) is 5.92 Å². The molecule has 0 saturated carbocycles. The molecule has 0 bridgehead atoms. The van der Waals surface area contributed by atoms with E-state index >= 15 is 0 Å². The number of carboxylic acids is 1. The zero-order valence-electron chi connectivity index (χ0n) is 14.6. The molecule has 3 N–H and O–H groups in total. The van der Waals surface area contributed by atoms with Gasteiger partial charge in [-0.2, -0.15) is 12.6 Å². The van der Waals surface area contributed by atoms with Crippen LogP contribution in [0.15, 0.2) is 30.3 Å². The first-order chi connectivity index (χ1) is 11.8. The fourth-order valence-electron chi connectivity index (χ4n) is 2.34. The average molecular weight is 366 g/mol. The minimum atomic E-state index is -1.12. The topological polar surface area (TPSA) is 95.5 Å². The van der Waals surface area contributed by atoms with Gasteiger partial charge < -0.3 is 15.7 Å². The second kappa shape index (κ2) is 10.8. The van der Waals surface area contributed by atoms with Crippen molar-refractivity contribution >= 4 is 30.4 Å². The van der Waals surface area contributed by atoms with E-state index in [9.17, 15) is 19.5 Å². The van der Waals surface area contributed by atoms with E-state index in [4.69, 9.17) is 0 Å². The number of hydrogen-bond acceptors (Lipinski definition) is 4. The Morgan fingerprint density at radius 1 is 1.08 bits per heavy atom. The molecule has 25 heavy (non-hydrogen) atoms. The van der Waals surface area contributed by atoms with Crippen molar-refractivity contribution in [3.63, 3.8) is 0 Å². The summed E-state index contributed by atoms with van der Waals surface area (Å²) in [6, 6.07) is 7.22. The van der Waals surface area contributed by atoms with Gasteiger partial charge in [-0.1, -0.05) is 44.2 Å². The summed E-state index contributed by atoms with van der Waals surface area (Å²) in [5.41, 5.74) is 0.810. The molecule has 0 aliphatic heterocycles. The second-order valence-electron chi connectivity index (χ2n) is 6.32. The van der Waals surface area contributed by atoms with E-state index in [1.165, 1.54) is 0 Å². The molecule has 0 saturated heterocycles. The summed E-state index contributed by atoms with van der Waals surface area (Å²) < 4.78 is 0. The Kier molecular flexibility index (Phi) is 9.05.